The molecule has 0 atom stereocenters. The maximum atomic E-state index is 10.9. The quantitative estimate of drug-likeness (QED) is 0.702. The number of ketones is 1. The number of hydrogen-bond donors (Lipinski definition) is 1. The normalized spacial score (nSPS) is 9.67. The van der Waals surface area contributed by atoms with Gasteiger partial charge in [0.25, 0.3) is 0 Å². The Hall–Kier alpha value is -1.23. The van der Waals surface area contributed by atoms with Crippen LogP contribution in [0.1, 0.15) is 11.4 Å². The highest BCUT2D eigenvalue weighted by Crippen LogP contribution is 2.05. The number of aliphatic carboxylic acids is 1. The number of carbonyl (C=O) groups is 2. The minimum atomic E-state index is -1.09. The van der Waals surface area contributed by atoms with E-state index in [9.17, 15) is 9.59 Å². The van der Waals surface area contributed by atoms with Crippen LogP contribution in [0.25, 0.3) is 0 Å². The van der Waals surface area contributed by atoms with Gasteiger partial charge in [0, 0.05) is 11.6 Å². The van der Waals surface area contributed by atoms with Crippen LogP contribution in [0.4, 0.5) is 0 Å². The van der Waals surface area contributed by atoms with Crippen molar-refractivity contribution in [3.63, 3.8) is 0 Å². The molecule has 0 amide bonds. The topological polar surface area (TPSA) is 67.3 Å². The molecular formula is C7H7NO3S. The Kier molecular flexibility index (Phi) is 2.93. The van der Waals surface area contributed by atoms with Gasteiger partial charge in [-0.1, -0.05) is 0 Å². The van der Waals surface area contributed by atoms with E-state index in [-0.39, 0.29) is 12.2 Å². The minimum Gasteiger partial charge on any atom is -0.481 e. The van der Waals surface area contributed by atoms with Gasteiger partial charge in [-0.2, -0.15) is 0 Å². The van der Waals surface area contributed by atoms with Crippen molar-refractivity contribution in [1.82, 2.24) is 4.98 Å². The van der Waals surface area contributed by atoms with Gasteiger partial charge in [-0.3, -0.25) is 9.59 Å². The molecule has 64 valence electrons. The molecule has 0 aliphatic heterocycles. The maximum Gasteiger partial charge on any atom is 0.310 e. The zero-order valence-electron chi connectivity index (χ0n) is 6.19. The Bertz CT molecular complexity index is 281. The Morgan fingerprint density at radius 2 is 2.33 bits per heavy atom. The number of carbonyl (C=O) groups excluding carboxylic acids is 1. The summed E-state index contributed by atoms with van der Waals surface area (Å²) in [5.41, 5.74) is 0. The van der Waals surface area contributed by atoms with E-state index in [4.69, 9.17) is 5.11 Å². The van der Waals surface area contributed by atoms with Crippen molar-refractivity contribution in [2.45, 2.75) is 12.8 Å². The van der Waals surface area contributed by atoms with E-state index in [1.54, 1.807) is 11.6 Å². The molecule has 4 nitrogen and oxygen atoms in total. The van der Waals surface area contributed by atoms with Crippen LogP contribution in [0.5, 0.6) is 0 Å². The largest absolute Gasteiger partial charge is 0.481 e. The summed E-state index contributed by atoms with van der Waals surface area (Å²) in [6, 6.07) is 0. The van der Waals surface area contributed by atoms with E-state index in [0.717, 1.165) is 0 Å². The summed E-state index contributed by atoms with van der Waals surface area (Å²) in [5, 5.41) is 10.7. The van der Waals surface area contributed by atoms with Crippen molar-refractivity contribution in [1.29, 1.82) is 0 Å². The first-order chi connectivity index (χ1) is 5.68. The first-order valence-electron chi connectivity index (χ1n) is 3.30. The number of Topliss-reactive ketones (excluding diaryl/α,β-unsaturated/α-hetero) is 1. The average molecular weight is 185 g/mol. The fraction of sp³-hybridized carbons (Fsp3) is 0.286. The molecule has 5 heteroatoms. The summed E-state index contributed by atoms with van der Waals surface area (Å²) in [4.78, 5) is 24.9. The van der Waals surface area contributed by atoms with Crippen LogP contribution in [-0.2, 0) is 16.0 Å². The smallest absolute Gasteiger partial charge is 0.310 e. The second-order valence-corrected chi connectivity index (χ2v) is 3.19. The zero-order valence-corrected chi connectivity index (χ0v) is 7.00. The second kappa shape index (κ2) is 3.96. The molecule has 0 bridgehead atoms. The fourth-order valence-electron chi connectivity index (χ4n) is 0.740. The molecule has 1 aromatic rings. The van der Waals surface area contributed by atoms with Gasteiger partial charge in [0.05, 0.1) is 11.4 Å². The molecule has 0 saturated carbocycles. The third-order valence-corrected chi connectivity index (χ3v) is 1.96. The number of carboxylic acids is 1. The molecule has 0 aromatic carbocycles. The predicted octanol–water partition coefficient (Wildman–Crippen LogP) is 0.729. The Morgan fingerprint density at radius 1 is 1.58 bits per heavy atom. The molecule has 1 N–H and O–H groups in total. The third kappa shape index (κ3) is 2.79. The van der Waals surface area contributed by atoms with Crippen molar-refractivity contribution in [3.05, 3.63) is 16.6 Å². The zero-order chi connectivity index (χ0) is 8.97. The van der Waals surface area contributed by atoms with Gasteiger partial charge >= 0.3 is 5.97 Å². The molecule has 1 rings (SSSR count). The molecule has 0 spiro atoms. The fourth-order valence-corrected chi connectivity index (χ4v) is 1.38. The van der Waals surface area contributed by atoms with Gasteiger partial charge in [0.15, 0.2) is 5.78 Å². The van der Waals surface area contributed by atoms with Gasteiger partial charge < -0.3 is 5.11 Å². The Labute approximate surface area is 72.9 Å². The van der Waals surface area contributed by atoms with Crippen LogP contribution in [-0.4, -0.2) is 21.8 Å². The van der Waals surface area contributed by atoms with E-state index in [1.807, 2.05) is 0 Å². The summed E-state index contributed by atoms with van der Waals surface area (Å²) in [6.45, 7) is 0. The number of carboxylic acid groups (broad SMARTS) is 1. The second-order valence-electron chi connectivity index (χ2n) is 2.21. The van der Waals surface area contributed by atoms with Gasteiger partial charge in [0.2, 0.25) is 0 Å². The summed E-state index contributed by atoms with van der Waals surface area (Å²) in [5.74, 6) is -1.39. The van der Waals surface area contributed by atoms with E-state index >= 15 is 0 Å². The van der Waals surface area contributed by atoms with E-state index in [1.165, 1.54) is 11.3 Å². The van der Waals surface area contributed by atoms with Crippen LogP contribution in [0.2, 0.25) is 0 Å². The van der Waals surface area contributed by atoms with E-state index in [0.29, 0.717) is 5.01 Å². The first kappa shape index (κ1) is 8.86. The van der Waals surface area contributed by atoms with Crippen LogP contribution in [0.15, 0.2) is 11.6 Å². The number of nitrogens with zero attached hydrogens (tertiary/aromatic N) is 1. The summed E-state index contributed by atoms with van der Waals surface area (Å²) in [6.07, 6.45) is 1.30. The van der Waals surface area contributed by atoms with Crippen molar-refractivity contribution in [2.24, 2.45) is 0 Å². The SMILES string of the molecule is O=C(O)CC(=O)Cc1nccs1. The van der Waals surface area contributed by atoms with Crippen molar-refractivity contribution in [2.75, 3.05) is 0 Å². The van der Waals surface area contributed by atoms with Gasteiger partial charge in [0.1, 0.15) is 6.42 Å². The van der Waals surface area contributed by atoms with Crippen molar-refractivity contribution in [3.8, 4) is 0 Å². The molecule has 12 heavy (non-hydrogen) atoms. The first-order valence-corrected chi connectivity index (χ1v) is 4.18. The Morgan fingerprint density at radius 3 is 2.83 bits per heavy atom. The molecule has 1 aromatic heterocycles. The van der Waals surface area contributed by atoms with Crippen LogP contribution < -0.4 is 0 Å². The lowest BCUT2D eigenvalue weighted by atomic mass is 10.2. The van der Waals surface area contributed by atoms with Crippen LogP contribution >= 0.6 is 11.3 Å². The standard InChI is InChI=1S/C7H7NO3S/c9-5(4-7(10)11)3-6-8-1-2-12-6/h1-2H,3-4H2,(H,10,11). The van der Waals surface area contributed by atoms with Crippen LogP contribution in [0, 0.1) is 0 Å². The van der Waals surface area contributed by atoms with E-state index in [2.05, 4.69) is 4.98 Å². The summed E-state index contributed by atoms with van der Waals surface area (Å²) >= 11 is 1.35. The Balaban J connectivity index is 2.42. The molecule has 0 unspecified atom stereocenters. The molecule has 0 aliphatic carbocycles. The predicted molar refractivity (Wildman–Crippen MR) is 43.1 cm³/mol. The highest BCUT2D eigenvalue weighted by Gasteiger charge is 2.09. The average Bonchev–Trinajstić information content (AvgIpc) is 2.37. The molecular weight excluding hydrogens is 178 g/mol. The number of hydrogen-bond acceptors (Lipinski definition) is 4. The summed E-state index contributed by atoms with van der Waals surface area (Å²) in [7, 11) is 0. The lowest BCUT2D eigenvalue weighted by molar-refractivity contribution is -0.140. The van der Waals surface area contributed by atoms with Crippen molar-refractivity contribution < 1.29 is 14.7 Å². The molecule has 0 aliphatic rings. The highest BCUT2D eigenvalue weighted by molar-refractivity contribution is 7.09. The molecule has 0 fully saturated rings. The molecule has 0 radical (unpaired) electrons. The summed E-state index contributed by atoms with van der Waals surface area (Å²) < 4.78 is 0. The van der Waals surface area contributed by atoms with Gasteiger partial charge in [-0.05, 0) is 0 Å². The lowest BCUT2D eigenvalue weighted by Crippen LogP contribution is -2.08. The van der Waals surface area contributed by atoms with Crippen LogP contribution in [0.3, 0.4) is 0 Å². The maximum absolute atomic E-state index is 10.9. The van der Waals surface area contributed by atoms with Gasteiger partial charge in [-0.25, -0.2) is 4.98 Å². The highest BCUT2D eigenvalue weighted by atomic mass is 32.1. The molecule has 0 saturated heterocycles. The third-order valence-electron chi connectivity index (χ3n) is 1.18. The number of rotatable bonds is 4. The lowest BCUT2D eigenvalue weighted by Gasteiger charge is -1.91. The number of aromatic nitrogens is 1. The van der Waals surface area contributed by atoms with Gasteiger partial charge in [-0.15, -0.1) is 11.3 Å². The van der Waals surface area contributed by atoms with E-state index < -0.39 is 12.4 Å². The number of thiazole rings is 1. The monoisotopic (exact) mass is 185 g/mol. The van der Waals surface area contributed by atoms with Crippen molar-refractivity contribution >= 4 is 23.1 Å². The minimum absolute atomic E-state index is 0.129. The molecule has 1 heterocycles.